The number of esters is 1. The number of amides is 1. The van der Waals surface area contributed by atoms with E-state index in [1.54, 1.807) is 25.1 Å². The second kappa shape index (κ2) is 6.04. The van der Waals surface area contributed by atoms with Gasteiger partial charge in [-0.2, -0.15) is 8.42 Å². The first-order chi connectivity index (χ1) is 10.2. The van der Waals surface area contributed by atoms with Crippen LogP contribution in [0.15, 0.2) is 18.2 Å². The fraction of sp³-hybridized carbons (Fsp3) is 0.429. The molecule has 0 saturated carbocycles. The second-order valence-corrected chi connectivity index (χ2v) is 6.63. The molecule has 120 valence electrons. The van der Waals surface area contributed by atoms with Gasteiger partial charge >= 0.3 is 16.2 Å². The van der Waals surface area contributed by atoms with Crippen molar-refractivity contribution in [2.24, 2.45) is 5.92 Å². The number of nitrogens with zero attached hydrogens (tertiary/aromatic N) is 1. The van der Waals surface area contributed by atoms with Crippen molar-refractivity contribution < 1.29 is 26.6 Å². The summed E-state index contributed by atoms with van der Waals surface area (Å²) in [5.74, 6) is -2.08. The number of halogens is 1. The topological polar surface area (TPSA) is 80.8 Å². The van der Waals surface area contributed by atoms with Gasteiger partial charge in [-0.3, -0.25) is 4.79 Å². The van der Waals surface area contributed by atoms with Crippen LogP contribution in [0.4, 0.5) is 9.57 Å². The second-order valence-electron chi connectivity index (χ2n) is 5.22. The first-order valence-corrected chi connectivity index (χ1v) is 8.19. The minimum Gasteiger partial charge on any atom is -0.465 e. The molecule has 1 aromatic rings. The highest BCUT2D eigenvalue weighted by atomic mass is 32.3. The third-order valence-corrected chi connectivity index (χ3v) is 4.51. The molecule has 1 atom stereocenters. The average molecular weight is 329 g/mol. The first-order valence-electron chi connectivity index (χ1n) is 6.63. The van der Waals surface area contributed by atoms with Gasteiger partial charge in [0.2, 0.25) is 5.91 Å². The van der Waals surface area contributed by atoms with E-state index in [1.807, 2.05) is 0 Å². The Balaban J connectivity index is 2.29. The van der Waals surface area contributed by atoms with Crippen LogP contribution >= 0.6 is 0 Å². The van der Waals surface area contributed by atoms with E-state index in [2.05, 4.69) is 4.74 Å². The number of carbonyl (C=O) groups excluding carboxylic acids is 2. The van der Waals surface area contributed by atoms with Gasteiger partial charge in [0.25, 0.3) is 0 Å². The molecule has 1 unspecified atom stereocenters. The van der Waals surface area contributed by atoms with Crippen molar-refractivity contribution in [2.75, 3.05) is 24.3 Å². The number of methoxy groups -OCH3 is 1. The summed E-state index contributed by atoms with van der Waals surface area (Å²) >= 11 is 0. The predicted octanol–water partition coefficient (Wildman–Crippen LogP) is 1.43. The Hall–Kier alpha value is -1.96. The molecule has 1 aromatic carbocycles. The zero-order valence-corrected chi connectivity index (χ0v) is 13.0. The van der Waals surface area contributed by atoms with Crippen LogP contribution in [0.2, 0.25) is 0 Å². The van der Waals surface area contributed by atoms with Crippen molar-refractivity contribution in [3.8, 4) is 0 Å². The average Bonchev–Trinajstić information content (AvgIpc) is 2.76. The van der Waals surface area contributed by atoms with Gasteiger partial charge in [0.15, 0.2) is 0 Å². The largest absolute Gasteiger partial charge is 0.465 e. The lowest BCUT2D eigenvalue weighted by Gasteiger charge is -2.20. The van der Waals surface area contributed by atoms with Gasteiger partial charge in [0, 0.05) is 24.6 Å². The minimum atomic E-state index is -4.63. The van der Waals surface area contributed by atoms with E-state index in [9.17, 15) is 21.9 Å². The van der Waals surface area contributed by atoms with Crippen LogP contribution in [-0.4, -0.2) is 39.7 Å². The van der Waals surface area contributed by atoms with Crippen LogP contribution in [0, 0.1) is 12.8 Å². The number of hydrogen-bond donors (Lipinski definition) is 0. The summed E-state index contributed by atoms with van der Waals surface area (Å²) in [6, 6.07) is 4.85. The quantitative estimate of drug-likeness (QED) is 0.617. The zero-order chi connectivity index (χ0) is 16.5. The monoisotopic (exact) mass is 329 g/mol. The first kappa shape index (κ1) is 16.4. The van der Waals surface area contributed by atoms with Gasteiger partial charge in [-0.15, -0.1) is 3.89 Å². The molecule has 0 spiro atoms. The molecule has 0 N–H and O–H groups in total. The molecule has 22 heavy (non-hydrogen) atoms. The molecule has 1 amide bonds. The Labute approximate surface area is 128 Å². The molecule has 1 heterocycles. The van der Waals surface area contributed by atoms with E-state index in [-0.39, 0.29) is 18.9 Å². The third kappa shape index (κ3) is 3.44. The van der Waals surface area contributed by atoms with Crippen molar-refractivity contribution in [3.63, 3.8) is 0 Å². The molecular weight excluding hydrogens is 313 g/mol. The van der Waals surface area contributed by atoms with E-state index < -0.39 is 27.9 Å². The highest BCUT2D eigenvalue weighted by Crippen LogP contribution is 2.30. The van der Waals surface area contributed by atoms with E-state index >= 15 is 0 Å². The maximum atomic E-state index is 12.8. The standard InChI is InChI=1S/C14H16FNO5S/c1-9-11(14(18)21-2)4-3-5-12(9)16-7-10(6-13(16)17)8-22(15,19)20/h3-5,10H,6-8H2,1-2H3. The van der Waals surface area contributed by atoms with Gasteiger partial charge in [-0.25, -0.2) is 4.79 Å². The molecule has 1 aliphatic heterocycles. The number of benzene rings is 1. The van der Waals surface area contributed by atoms with E-state index in [0.717, 1.165) is 0 Å². The van der Waals surface area contributed by atoms with Gasteiger partial charge in [-0.05, 0) is 24.6 Å². The van der Waals surface area contributed by atoms with E-state index in [0.29, 0.717) is 16.8 Å². The highest BCUT2D eigenvalue weighted by Gasteiger charge is 2.34. The lowest BCUT2D eigenvalue weighted by atomic mass is 10.1. The van der Waals surface area contributed by atoms with Crippen LogP contribution in [-0.2, 0) is 19.8 Å². The van der Waals surface area contributed by atoms with Crippen molar-refractivity contribution in [1.29, 1.82) is 0 Å². The molecule has 2 rings (SSSR count). The Bertz CT molecular complexity index is 716. The lowest BCUT2D eigenvalue weighted by Crippen LogP contribution is -2.26. The lowest BCUT2D eigenvalue weighted by molar-refractivity contribution is -0.117. The van der Waals surface area contributed by atoms with Crippen LogP contribution in [0.25, 0.3) is 0 Å². The van der Waals surface area contributed by atoms with Crippen molar-refractivity contribution >= 4 is 27.8 Å². The molecule has 0 aliphatic carbocycles. The smallest absolute Gasteiger partial charge is 0.338 e. The van der Waals surface area contributed by atoms with Crippen LogP contribution < -0.4 is 4.90 Å². The van der Waals surface area contributed by atoms with Crippen molar-refractivity contribution in [1.82, 2.24) is 0 Å². The van der Waals surface area contributed by atoms with Gasteiger partial charge in [0.1, 0.15) is 0 Å². The molecule has 0 aromatic heterocycles. The summed E-state index contributed by atoms with van der Waals surface area (Å²) in [5, 5.41) is 0. The Morgan fingerprint density at radius 3 is 2.73 bits per heavy atom. The summed E-state index contributed by atoms with van der Waals surface area (Å²) in [5.41, 5.74) is 1.40. The SMILES string of the molecule is COC(=O)c1cccc(N2CC(CS(=O)(=O)F)CC2=O)c1C. The Morgan fingerprint density at radius 1 is 1.45 bits per heavy atom. The summed E-state index contributed by atoms with van der Waals surface area (Å²) in [6.45, 7) is 1.78. The number of rotatable bonds is 4. The molecule has 1 saturated heterocycles. The van der Waals surface area contributed by atoms with Gasteiger partial charge < -0.3 is 9.64 Å². The maximum Gasteiger partial charge on any atom is 0.338 e. The molecule has 0 bridgehead atoms. The molecule has 8 heteroatoms. The van der Waals surface area contributed by atoms with E-state index in [4.69, 9.17) is 0 Å². The fourth-order valence-electron chi connectivity index (χ4n) is 2.65. The Kier molecular flexibility index (Phi) is 4.50. The fourth-order valence-corrected chi connectivity index (χ4v) is 3.44. The van der Waals surface area contributed by atoms with Gasteiger partial charge in [0.05, 0.1) is 18.4 Å². The number of hydrogen-bond acceptors (Lipinski definition) is 5. The molecule has 0 radical (unpaired) electrons. The number of carbonyl (C=O) groups is 2. The van der Waals surface area contributed by atoms with Crippen LogP contribution in [0.5, 0.6) is 0 Å². The van der Waals surface area contributed by atoms with Crippen LogP contribution in [0.3, 0.4) is 0 Å². The third-order valence-electron chi connectivity index (χ3n) is 3.64. The molecule has 6 nitrogen and oxygen atoms in total. The summed E-state index contributed by atoms with van der Waals surface area (Å²) in [7, 11) is -3.36. The summed E-state index contributed by atoms with van der Waals surface area (Å²) in [6.07, 6.45) is -0.0367. The molecule has 1 fully saturated rings. The molecule has 1 aliphatic rings. The van der Waals surface area contributed by atoms with Crippen molar-refractivity contribution in [2.45, 2.75) is 13.3 Å². The minimum absolute atomic E-state index is 0.0367. The summed E-state index contributed by atoms with van der Waals surface area (Å²) < 4.78 is 38.9. The number of ether oxygens (including phenoxy) is 1. The zero-order valence-electron chi connectivity index (χ0n) is 12.2. The summed E-state index contributed by atoms with van der Waals surface area (Å²) in [4.78, 5) is 25.1. The maximum absolute atomic E-state index is 12.8. The molecular formula is C14H16FNO5S. The number of anilines is 1. The van der Waals surface area contributed by atoms with Crippen LogP contribution in [0.1, 0.15) is 22.3 Å². The predicted molar refractivity (Wildman–Crippen MR) is 77.9 cm³/mol. The highest BCUT2D eigenvalue weighted by molar-refractivity contribution is 7.86. The van der Waals surface area contributed by atoms with Crippen molar-refractivity contribution in [3.05, 3.63) is 29.3 Å². The normalized spacial score (nSPS) is 18.6. The van der Waals surface area contributed by atoms with Gasteiger partial charge in [-0.1, -0.05) is 6.07 Å². The van der Waals surface area contributed by atoms with E-state index in [1.165, 1.54) is 12.0 Å². The Morgan fingerprint density at radius 2 is 2.14 bits per heavy atom.